The third-order valence-corrected chi connectivity index (χ3v) is 3.82. The van der Waals surface area contributed by atoms with Crippen molar-refractivity contribution >= 4 is 0 Å². The average molecular weight is 263 g/mol. The fourth-order valence-corrected chi connectivity index (χ4v) is 2.85. The Morgan fingerprint density at radius 2 is 2.00 bits per heavy atom. The number of hydrogen-bond acceptors (Lipinski definition) is 3. The van der Waals surface area contributed by atoms with Crippen LogP contribution in [0.1, 0.15) is 50.6 Å². The van der Waals surface area contributed by atoms with Crippen LogP contribution in [0, 0.1) is 0 Å². The van der Waals surface area contributed by atoms with E-state index in [1.807, 2.05) is 31.2 Å². The van der Waals surface area contributed by atoms with Crippen molar-refractivity contribution < 1.29 is 9.84 Å². The summed E-state index contributed by atoms with van der Waals surface area (Å²) in [6.07, 6.45) is 6.37. The van der Waals surface area contributed by atoms with Gasteiger partial charge in [0, 0.05) is 11.6 Å². The Morgan fingerprint density at radius 3 is 2.68 bits per heavy atom. The Balaban J connectivity index is 2.07. The van der Waals surface area contributed by atoms with E-state index in [-0.39, 0.29) is 12.6 Å². The topological polar surface area (TPSA) is 41.5 Å². The lowest BCUT2D eigenvalue weighted by atomic mass is 9.94. The molecule has 19 heavy (non-hydrogen) atoms. The second-order valence-electron chi connectivity index (χ2n) is 5.21. The SMILES string of the molecule is CCOc1ccccc1C(CO)NC1CCCCC1. The van der Waals surface area contributed by atoms with Crippen molar-refractivity contribution in [2.75, 3.05) is 13.2 Å². The van der Waals surface area contributed by atoms with Crippen LogP contribution < -0.4 is 10.1 Å². The number of para-hydroxylation sites is 1. The molecule has 0 saturated heterocycles. The van der Waals surface area contributed by atoms with E-state index in [1.54, 1.807) is 0 Å². The first-order valence-electron chi connectivity index (χ1n) is 7.43. The molecule has 0 bridgehead atoms. The van der Waals surface area contributed by atoms with E-state index in [9.17, 15) is 5.11 Å². The van der Waals surface area contributed by atoms with Crippen LogP contribution in [0.2, 0.25) is 0 Å². The minimum atomic E-state index is -0.0224. The number of rotatable bonds is 6. The summed E-state index contributed by atoms with van der Waals surface area (Å²) in [5.41, 5.74) is 1.07. The molecule has 0 amide bonds. The van der Waals surface area contributed by atoms with Crippen LogP contribution in [-0.4, -0.2) is 24.4 Å². The molecule has 0 aromatic heterocycles. The van der Waals surface area contributed by atoms with Crippen LogP contribution in [0.4, 0.5) is 0 Å². The Hall–Kier alpha value is -1.06. The Bertz CT molecular complexity index is 375. The molecular formula is C16H25NO2. The summed E-state index contributed by atoms with van der Waals surface area (Å²) >= 11 is 0. The highest BCUT2D eigenvalue weighted by Gasteiger charge is 2.20. The van der Waals surface area contributed by atoms with Gasteiger partial charge in [-0.05, 0) is 25.8 Å². The van der Waals surface area contributed by atoms with Crippen molar-refractivity contribution in [1.82, 2.24) is 5.32 Å². The second-order valence-corrected chi connectivity index (χ2v) is 5.21. The molecule has 2 N–H and O–H groups in total. The average Bonchev–Trinajstić information content (AvgIpc) is 2.47. The summed E-state index contributed by atoms with van der Waals surface area (Å²) in [6, 6.07) is 8.50. The molecule has 1 atom stereocenters. The maximum Gasteiger partial charge on any atom is 0.124 e. The Kier molecular flexibility index (Phi) is 5.67. The zero-order valence-corrected chi connectivity index (χ0v) is 11.8. The van der Waals surface area contributed by atoms with Crippen molar-refractivity contribution in [3.63, 3.8) is 0 Å². The van der Waals surface area contributed by atoms with Crippen LogP contribution in [0.5, 0.6) is 5.75 Å². The molecule has 0 radical (unpaired) electrons. The van der Waals surface area contributed by atoms with E-state index in [0.29, 0.717) is 12.6 Å². The van der Waals surface area contributed by atoms with Gasteiger partial charge in [0.25, 0.3) is 0 Å². The van der Waals surface area contributed by atoms with Crippen LogP contribution in [-0.2, 0) is 0 Å². The summed E-state index contributed by atoms with van der Waals surface area (Å²) in [5.74, 6) is 0.882. The van der Waals surface area contributed by atoms with Crippen LogP contribution >= 0.6 is 0 Å². The lowest BCUT2D eigenvalue weighted by Crippen LogP contribution is -2.36. The van der Waals surface area contributed by atoms with Crippen LogP contribution in [0.3, 0.4) is 0 Å². The normalized spacial score (nSPS) is 18.2. The van der Waals surface area contributed by atoms with Crippen molar-refractivity contribution in [2.24, 2.45) is 0 Å². The van der Waals surface area contributed by atoms with Gasteiger partial charge in [0.15, 0.2) is 0 Å². The first kappa shape index (κ1) is 14.4. The molecule has 1 aromatic rings. The maximum atomic E-state index is 9.68. The largest absolute Gasteiger partial charge is 0.494 e. The third kappa shape index (κ3) is 3.95. The van der Waals surface area contributed by atoms with Gasteiger partial charge in [0.05, 0.1) is 19.3 Å². The van der Waals surface area contributed by atoms with E-state index in [0.717, 1.165) is 11.3 Å². The minimum Gasteiger partial charge on any atom is -0.494 e. The summed E-state index contributed by atoms with van der Waals surface area (Å²) in [7, 11) is 0. The first-order valence-corrected chi connectivity index (χ1v) is 7.43. The van der Waals surface area contributed by atoms with Crippen molar-refractivity contribution in [2.45, 2.75) is 51.1 Å². The monoisotopic (exact) mass is 263 g/mol. The van der Waals surface area contributed by atoms with Crippen molar-refractivity contribution in [3.8, 4) is 5.75 Å². The fraction of sp³-hybridized carbons (Fsp3) is 0.625. The fourth-order valence-electron chi connectivity index (χ4n) is 2.85. The highest BCUT2D eigenvalue weighted by atomic mass is 16.5. The van der Waals surface area contributed by atoms with Gasteiger partial charge in [-0.2, -0.15) is 0 Å². The van der Waals surface area contributed by atoms with Gasteiger partial charge in [-0.25, -0.2) is 0 Å². The molecule has 0 aliphatic heterocycles. The standard InChI is InChI=1S/C16H25NO2/c1-2-19-16-11-7-6-10-14(16)15(12-18)17-13-8-4-3-5-9-13/h6-7,10-11,13,15,17-18H,2-5,8-9,12H2,1H3. The molecule has 1 aromatic carbocycles. The molecule has 2 rings (SSSR count). The molecule has 3 heteroatoms. The summed E-state index contributed by atoms with van der Waals surface area (Å²) in [6.45, 7) is 2.75. The number of aliphatic hydroxyl groups is 1. The quantitative estimate of drug-likeness (QED) is 0.829. The van der Waals surface area contributed by atoms with E-state index in [2.05, 4.69) is 5.32 Å². The van der Waals surface area contributed by atoms with Gasteiger partial charge >= 0.3 is 0 Å². The summed E-state index contributed by atoms with van der Waals surface area (Å²) < 4.78 is 5.66. The van der Waals surface area contributed by atoms with Gasteiger partial charge < -0.3 is 15.2 Å². The molecule has 1 aliphatic carbocycles. The van der Waals surface area contributed by atoms with Crippen LogP contribution in [0.15, 0.2) is 24.3 Å². The van der Waals surface area contributed by atoms with Gasteiger partial charge in [-0.15, -0.1) is 0 Å². The second kappa shape index (κ2) is 7.51. The first-order chi connectivity index (χ1) is 9.35. The molecule has 3 nitrogen and oxygen atoms in total. The molecule has 1 fully saturated rings. The van der Waals surface area contributed by atoms with Crippen LogP contribution in [0.25, 0.3) is 0 Å². The number of benzene rings is 1. The predicted molar refractivity (Wildman–Crippen MR) is 77.4 cm³/mol. The zero-order chi connectivity index (χ0) is 13.5. The Labute approximate surface area is 116 Å². The van der Waals surface area contributed by atoms with Crippen molar-refractivity contribution in [1.29, 1.82) is 0 Å². The lowest BCUT2D eigenvalue weighted by Gasteiger charge is -2.28. The summed E-state index contributed by atoms with van der Waals surface area (Å²) in [4.78, 5) is 0. The minimum absolute atomic E-state index is 0.0224. The predicted octanol–water partition coefficient (Wildman–Crippen LogP) is 3.04. The Morgan fingerprint density at radius 1 is 1.26 bits per heavy atom. The van der Waals surface area contributed by atoms with Gasteiger partial charge in [-0.3, -0.25) is 0 Å². The number of aliphatic hydroxyl groups excluding tert-OH is 1. The zero-order valence-electron chi connectivity index (χ0n) is 11.8. The highest BCUT2D eigenvalue weighted by Crippen LogP contribution is 2.27. The smallest absolute Gasteiger partial charge is 0.124 e. The van der Waals surface area contributed by atoms with E-state index >= 15 is 0 Å². The van der Waals surface area contributed by atoms with Gasteiger partial charge in [0.2, 0.25) is 0 Å². The molecular weight excluding hydrogens is 238 g/mol. The number of nitrogens with one attached hydrogen (secondary N) is 1. The number of hydrogen-bond donors (Lipinski definition) is 2. The molecule has 1 unspecified atom stereocenters. The molecule has 106 valence electrons. The van der Waals surface area contributed by atoms with Gasteiger partial charge in [0.1, 0.15) is 5.75 Å². The molecule has 0 heterocycles. The third-order valence-electron chi connectivity index (χ3n) is 3.82. The molecule has 1 aliphatic rings. The molecule has 1 saturated carbocycles. The number of ether oxygens (including phenoxy) is 1. The van der Waals surface area contributed by atoms with Gasteiger partial charge in [-0.1, -0.05) is 37.5 Å². The van der Waals surface area contributed by atoms with Crippen molar-refractivity contribution in [3.05, 3.63) is 29.8 Å². The van der Waals surface area contributed by atoms with E-state index < -0.39 is 0 Å². The highest BCUT2D eigenvalue weighted by molar-refractivity contribution is 5.36. The summed E-state index contributed by atoms with van der Waals surface area (Å²) in [5, 5.41) is 13.3. The van der Waals surface area contributed by atoms with E-state index in [1.165, 1.54) is 32.1 Å². The lowest BCUT2D eigenvalue weighted by molar-refractivity contribution is 0.215. The molecule has 0 spiro atoms. The van der Waals surface area contributed by atoms with E-state index in [4.69, 9.17) is 4.74 Å². The maximum absolute atomic E-state index is 9.68.